The summed E-state index contributed by atoms with van der Waals surface area (Å²) in [4.78, 5) is 22.7. The predicted octanol–water partition coefficient (Wildman–Crippen LogP) is -0.882. The maximum absolute atomic E-state index is 12.3. The van der Waals surface area contributed by atoms with E-state index < -0.39 is 36.7 Å². The highest BCUT2D eigenvalue weighted by atomic mass is 35.5. The summed E-state index contributed by atoms with van der Waals surface area (Å²) >= 11 is 5.91. The number of fused-ring (bicyclic) bond motifs is 1. The van der Waals surface area contributed by atoms with E-state index in [0.717, 1.165) is 0 Å². The molecule has 4 unspecified atom stereocenters. The van der Waals surface area contributed by atoms with Gasteiger partial charge in [0.05, 0.1) is 12.8 Å². The molecular weight excluding hydrogens is 434 g/mol. The lowest BCUT2D eigenvalue weighted by molar-refractivity contribution is -0.0501. The van der Waals surface area contributed by atoms with Gasteiger partial charge in [-0.1, -0.05) is 11.6 Å². The van der Waals surface area contributed by atoms with Gasteiger partial charge in [0.25, 0.3) is 5.56 Å². The molecule has 0 spiro atoms. The average molecular weight is 452 g/mol. The molecule has 13 nitrogen and oxygen atoms in total. The standard InChI is InChI=1S/C17H18ClN7O6/c18-7-1-2-8(27)6(3-7)4-20-24-17-21-10-13(22-16(19)23-14(10)30)25(17)15-12(29)11(28)9(5-26)31-15/h1-4,9,11-12,15,26-29H,5H2,(H,21,24)(H3,19,22,23,30)/b20-4+. The zero-order valence-electron chi connectivity index (χ0n) is 15.7. The Kier molecular flexibility index (Phi) is 5.51. The third-order valence-electron chi connectivity index (χ3n) is 4.70. The molecule has 4 rings (SSSR count). The number of H-pyrrole nitrogens is 1. The lowest BCUT2D eigenvalue weighted by atomic mass is 10.1. The molecule has 4 atom stereocenters. The van der Waals surface area contributed by atoms with Gasteiger partial charge in [-0.05, 0) is 18.2 Å². The van der Waals surface area contributed by atoms with Crippen molar-refractivity contribution >= 4 is 40.9 Å². The largest absolute Gasteiger partial charge is 0.507 e. The number of nitrogens with zero attached hydrogens (tertiary/aromatic N) is 4. The summed E-state index contributed by atoms with van der Waals surface area (Å²) in [7, 11) is 0. The van der Waals surface area contributed by atoms with Gasteiger partial charge in [0, 0.05) is 10.6 Å². The van der Waals surface area contributed by atoms with Crippen molar-refractivity contribution in [2.45, 2.75) is 24.5 Å². The van der Waals surface area contributed by atoms with Crippen molar-refractivity contribution in [3.63, 3.8) is 0 Å². The van der Waals surface area contributed by atoms with Crippen molar-refractivity contribution in [2.24, 2.45) is 5.10 Å². The topological polar surface area (TPSA) is 204 Å². The van der Waals surface area contributed by atoms with E-state index in [1.54, 1.807) is 0 Å². The molecule has 0 bridgehead atoms. The van der Waals surface area contributed by atoms with E-state index >= 15 is 0 Å². The van der Waals surface area contributed by atoms with Gasteiger partial charge in [0.1, 0.15) is 24.1 Å². The van der Waals surface area contributed by atoms with Gasteiger partial charge >= 0.3 is 0 Å². The second kappa shape index (κ2) is 8.13. The number of ether oxygens (including phenoxy) is 1. The van der Waals surface area contributed by atoms with Crippen LogP contribution >= 0.6 is 11.6 Å². The van der Waals surface area contributed by atoms with Crippen LogP contribution in [-0.4, -0.2) is 71.1 Å². The van der Waals surface area contributed by atoms with Crippen molar-refractivity contribution in [2.75, 3.05) is 17.8 Å². The number of aromatic amines is 1. The van der Waals surface area contributed by atoms with Crippen LogP contribution in [0.5, 0.6) is 5.75 Å². The van der Waals surface area contributed by atoms with E-state index in [4.69, 9.17) is 22.1 Å². The van der Waals surface area contributed by atoms with Gasteiger partial charge in [0.2, 0.25) is 11.9 Å². The molecule has 1 saturated heterocycles. The van der Waals surface area contributed by atoms with Gasteiger partial charge in [-0.15, -0.1) is 0 Å². The molecule has 0 radical (unpaired) electrons. The van der Waals surface area contributed by atoms with Crippen LogP contribution in [0.25, 0.3) is 11.2 Å². The lowest BCUT2D eigenvalue weighted by Crippen LogP contribution is -2.33. The summed E-state index contributed by atoms with van der Waals surface area (Å²) in [6.45, 7) is -0.549. The van der Waals surface area contributed by atoms with Crippen LogP contribution in [0, 0.1) is 0 Å². The fraction of sp³-hybridized carbons (Fsp3) is 0.294. The molecule has 3 heterocycles. The number of benzene rings is 1. The summed E-state index contributed by atoms with van der Waals surface area (Å²) in [5, 5.41) is 44.2. The Morgan fingerprint density at radius 1 is 1.35 bits per heavy atom. The van der Waals surface area contributed by atoms with Crippen molar-refractivity contribution in [3.8, 4) is 5.75 Å². The molecule has 1 fully saturated rings. The average Bonchev–Trinajstić information content (AvgIpc) is 3.22. The first kappa shape index (κ1) is 21.0. The number of hydrogen-bond acceptors (Lipinski definition) is 11. The number of aromatic hydroxyl groups is 1. The van der Waals surface area contributed by atoms with Crippen LogP contribution < -0.4 is 16.7 Å². The molecule has 1 aromatic carbocycles. The molecular formula is C17H18ClN7O6. The number of hydrogen-bond donors (Lipinski definition) is 7. The quantitative estimate of drug-likeness (QED) is 0.188. The maximum Gasteiger partial charge on any atom is 0.280 e. The van der Waals surface area contributed by atoms with Crippen LogP contribution in [-0.2, 0) is 4.74 Å². The van der Waals surface area contributed by atoms with Crippen LogP contribution in [0.4, 0.5) is 11.9 Å². The monoisotopic (exact) mass is 451 g/mol. The van der Waals surface area contributed by atoms with Crippen molar-refractivity contribution in [3.05, 3.63) is 39.1 Å². The summed E-state index contributed by atoms with van der Waals surface area (Å²) in [5.74, 6) is -0.353. The number of phenols is 1. The first-order valence-electron chi connectivity index (χ1n) is 8.98. The van der Waals surface area contributed by atoms with E-state index in [1.807, 2.05) is 0 Å². The van der Waals surface area contributed by atoms with Gasteiger partial charge in [-0.2, -0.15) is 10.1 Å². The number of aromatic nitrogens is 4. The normalized spacial score (nSPS) is 23.7. The fourth-order valence-corrected chi connectivity index (χ4v) is 3.38. The number of nitrogens with two attached hydrogens (primary N) is 1. The van der Waals surface area contributed by atoms with Crippen molar-refractivity contribution < 1.29 is 25.2 Å². The first-order chi connectivity index (χ1) is 14.8. The summed E-state index contributed by atoms with van der Waals surface area (Å²) in [5.41, 5.74) is 7.71. The second-order valence-corrected chi connectivity index (χ2v) is 7.17. The summed E-state index contributed by atoms with van der Waals surface area (Å²) in [6, 6.07) is 4.37. The molecule has 0 saturated carbocycles. The number of hydrazone groups is 1. The van der Waals surface area contributed by atoms with Gasteiger partial charge < -0.3 is 30.9 Å². The van der Waals surface area contributed by atoms with Crippen LogP contribution in [0.1, 0.15) is 11.8 Å². The Balaban J connectivity index is 1.77. The first-order valence-corrected chi connectivity index (χ1v) is 9.35. The second-order valence-electron chi connectivity index (χ2n) is 6.73. The zero-order valence-corrected chi connectivity index (χ0v) is 16.4. The number of halogens is 1. The van der Waals surface area contributed by atoms with Gasteiger partial charge in [0.15, 0.2) is 17.4 Å². The number of aliphatic hydroxyl groups is 3. The van der Waals surface area contributed by atoms with Gasteiger partial charge in [-0.3, -0.25) is 14.3 Å². The van der Waals surface area contributed by atoms with E-state index in [0.29, 0.717) is 10.6 Å². The van der Waals surface area contributed by atoms with E-state index in [2.05, 4.69) is 25.5 Å². The molecule has 3 aromatic rings. The van der Waals surface area contributed by atoms with Gasteiger partial charge in [-0.25, -0.2) is 10.4 Å². The van der Waals surface area contributed by atoms with E-state index in [9.17, 15) is 25.2 Å². The number of imidazole rings is 1. The smallest absolute Gasteiger partial charge is 0.280 e. The molecule has 0 aliphatic carbocycles. The zero-order chi connectivity index (χ0) is 22.3. The fourth-order valence-electron chi connectivity index (χ4n) is 3.20. The molecule has 14 heteroatoms. The molecule has 0 amide bonds. The van der Waals surface area contributed by atoms with E-state index in [1.165, 1.54) is 29.0 Å². The summed E-state index contributed by atoms with van der Waals surface area (Å²) < 4.78 is 6.73. The van der Waals surface area contributed by atoms with Crippen LogP contribution in [0.3, 0.4) is 0 Å². The highest BCUT2D eigenvalue weighted by Gasteiger charge is 2.45. The Bertz CT molecular complexity index is 1210. The number of nitrogens with one attached hydrogen (secondary N) is 2. The van der Waals surface area contributed by atoms with Crippen molar-refractivity contribution in [1.29, 1.82) is 0 Å². The maximum atomic E-state index is 12.3. The Morgan fingerprint density at radius 2 is 2.13 bits per heavy atom. The van der Waals surface area contributed by atoms with Crippen molar-refractivity contribution in [1.82, 2.24) is 19.5 Å². The number of rotatable bonds is 5. The minimum Gasteiger partial charge on any atom is -0.507 e. The third kappa shape index (κ3) is 3.80. The Labute approximate surface area is 178 Å². The molecule has 8 N–H and O–H groups in total. The lowest BCUT2D eigenvalue weighted by Gasteiger charge is -2.18. The highest BCUT2D eigenvalue weighted by Crippen LogP contribution is 2.34. The minimum atomic E-state index is -1.47. The Hall–Kier alpha value is -3.23. The van der Waals surface area contributed by atoms with Crippen LogP contribution in [0.2, 0.25) is 5.02 Å². The number of aliphatic hydroxyl groups excluding tert-OH is 3. The molecule has 1 aliphatic rings. The molecule has 164 valence electrons. The number of anilines is 2. The Morgan fingerprint density at radius 3 is 2.84 bits per heavy atom. The predicted molar refractivity (Wildman–Crippen MR) is 110 cm³/mol. The molecule has 1 aliphatic heterocycles. The SMILES string of the molecule is Nc1nc2c(nc(N/N=C/c3cc(Cl)ccc3O)n2C2OC(CO)C(O)C2O)c(=O)[nH]1. The number of phenolic OH excluding ortho intramolecular Hbond substituents is 1. The summed E-state index contributed by atoms with van der Waals surface area (Å²) in [6.07, 6.45) is -3.95. The number of nitrogen functional groups attached to an aromatic ring is 1. The van der Waals surface area contributed by atoms with E-state index in [-0.39, 0.29) is 28.8 Å². The molecule has 31 heavy (non-hydrogen) atoms. The highest BCUT2D eigenvalue weighted by molar-refractivity contribution is 6.30. The molecule has 2 aromatic heterocycles. The third-order valence-corrected chi connectivity index (χ3v) is 4.93. The van der Waals surface area contributed by atoms with Crippen LogP contribution in [0.15, 0.2) is 28.1 Å². The minimum absolute atomic E-state index is 0.0422.